The van der Waals surface area contributed by atoms with Gasteiger partial charge in [-0.25, -0.2) is 0 Å². The normalized spacial score (nSPS) is 13.1. The largest absolute Gasteiger partial charge is 0.418 e. The summed E-state index contributed by atoms with van der Waals surface area (Å²) in [4.78, 5) is 5.09. The SMILES string of the molecule is CCO[Si](OCC)C(C)=C[Si]C(N(CC)CC)N(CC)CC. The maximum Gasteiger partial charge on any atom is 0.418 e. The summed E-state index contributed by atoms with van der Waals surface area (Å²) in [5, 5.41) is 1.29. The fraction of sp³-hybridized carbons (Fsp3) is 0.875. The lowest BCUT2D eigenvalue weighted by molar-refractivity contribution is 0.116. The van der Waals surface area contributed by atoms with Crippen LogP contribution in [0.5, 0.6) is 0 Å². The van der Waals surface area contributed by atoms with E-state index in [9.17, 15) is 0 Å². The summed E-state index contributed by atoms with van der Waals surface area (Å²) in [6, 6.07) is 0. The summed E-state index contributed by atoms with van der Waals surface area (Å²) in [7, 11) is -0.517. The van der Waals surface area contributed by atoms with Crippen molar-refractivity contribution in [3.05, 3.63) is 10.9 Å². The quantitative estimate of drug-likeness (QED) is 0.379. The van der Waals surface area contributed by atoms with Crippen LogP contribution in [0.4, 0.5) is 0 Å². The minimum Gasteiger partial charge on any atom is -0.390 e. The molecule has 129 valence electrons. The highest BCUT2D eigenvalue weighted by atomic mass is 28.3. The summed E-state index contributed by atoms with van der Waals surface area (Å²) in [6.45, 7) is 21.0. The standard InChI is InChI=1S/C16H35N2O2Si2/c1-8-17(9-2)16(18(10-3)11-4)21-14-15(7)22(19-12-5)20-13-6/h14,16H,8-13H2,1-7H3. The highest BCUT2D eigenvalue weighted by Crippen LogP contribution is 2.09. The Morgan fingerprint density at radius 3 is 1.64 bits per heavy atom. The van der Waals surface area contributed by atoms with Crippen molar-refractivity contribution in [1.29, 1.82) is 0 Å². The van der Waals surface area contributed by atoms with Crippen LogP contribution < -0.4 is 0 Å². The van der Waals surface area contributed by atoms with Crippen molar-refractivity contribution >= 4 is 18.8 Å². The van der Waals surface area contributed by atoms with Gasteiger partial charge in [-0.15, -0.1) is 0 Å². The molecule has 0 saturated heterocycles. The lowest BCUT2D eigenvalue weighted by Crippen LogP contribution is -2.51. The van der Waals surface area contributed by atoms with Crippen LogP contribution in [0.25, 0.3) is 0 Å². The summed E-state index contributed by atoms with van der Waals surface area (Å²) < 4.78 is 11.6. The number of nitrogens with zero attached hydrogens (tertiary/aromatic N) is 2. The van der Waals surface area contributed by atoms with E-state index < -0.39 is 9.28 Å². The molecule has 0 aliphatic carbocycles. The molecule has 0 aromatic carbocycles. The predicted molar refractivity (Wildman–Crippen MR) is 98.1 cm³/mol. The maximum atomic E-state index is 5.79. The highest BCUT2D eigenvalue weighted by Gasteiger charge is 2.23. The van der Waals surface area contributed by atoms with E-state index in [0.717, 1.165) is 48.9 Å². The minimum atomic E-state index is -1.27. The molecule has 6 heteroatoms. The summed E-state index contributed by atoms with van der Waals surface area (Å²) in [6.07, 6.45) is 0. The molecule has 0 aliphatic heterocycles. The molecular weight excluding hydrogens is 308 g/mol. The maximum absolute atomic E-state index is 5.79. The van der Waals surface area contributed by atoms with Gasteiger partial charge in [-0.05, 0) is 52.1 Å². The van der Waals surface area contributed by atoms with Gasteiger partial charge in [0.25, 0.3) is 0 Å². The molecule has 22 heavy (non-hydrogen) atoms. The van der Waals surface area contributed by atoms with E-state index in [-0.39, 0.29) is 0 Å². The monoisotopic (exact) mass is 343 g/mol. The van der Waals surface area contributed by atoms with Crippen LogP contribution in [0, 0.1) is 0 Å². The number of hydrogen-bond acceptors (Lipinski definition) is 4. The van der Waals surface area contributed by atoms with Crippen LogP contribution in [-0.2, 0) is 8.85 Å². The number of hydrogen-bond donors (Lipinski definition) is 0. The molecule has 0 aliphatic rings. The lowest BCUT2D eigenvalue weighted by atomic mass is 10.5. The lowest BCUT2D eigenvalue weighted by Gasteiger charge is -2.37. The molecule has 3 radical (unpaired) electrons. The summed E-state index contributed by atoms with van der Waals surface area (Å²) >= 11 is 0. The topological polar surface area (TPSA) is 24.9 Å². The fourth-order valence-electron chi connectivity index (χ4n) is 2.37. The van der Waals surface area contributed by atoms with Gasteiger partial charge in [-0.3, -0.25) is 9.80 Å². The van der Waals surface area contributed by atoms with Crippen molar-refractivity contribution in [3.8, 4) is 0 Å². The van der Waals surface area contributed by atoms with Crippen LogP contribution in [0.2, 0.25) is 0 Å². The molecule has 0 aromatic heterocycles. The summed E-state index contributed by atoms with van der Waals surface area (Å²) in [5.74, 6) is 0.492. The Morgan fingerprint density at radius 2 is 1.32 bits per heavy atom. The zero-order valence-electron chi connectivity index (χ0n) is 15.6. The van der Waals surface area contributed by atoms with E-state index in [2.05, 4.69) is 50.1 Å². The van der Waals surface area contributed by atoms with E-state index in [4.69, 9.17) is 8.85 Å². The van der Waals surface area contributed by atoms with Gasteiger partial charge in [-0.1, -0.05) is 33.4 Å². The molecule has 0 amide bonds. The highest BCUT2D eigenvalue weighted by molar-refractivity contribution is 6.57. The van der Waals surface area contributed by atoms with E-state index in [1.54, 1.807) is 0 Å². The first-order valence-electron chi connectivity index (χ1n) is 8.63. The molecule has 0 atom stereocenters. The molecule has 0 N–H and O–H groups in total. The van der Waals surface area contributed by atoms with Crippen LogP contribution in [-0.4, -0.2) is 73.8 Å². The zero-order chi connectivity index (χ0) is 17.0. The number of rotatable bonds is 13. The van der Waals surface area contributed by atoms with Gasteiger partial charge in [0, 0.05) is 13.2 Å². The van der Waals surface area contributed by atoms with Crippen molar-refractivity contribution < 1.29 is 8.85 Å². The Morgan fingerprint density at radius 1 is 0.909 bits per heavy atom. The Labute approximate surface area is 142 Å². The van der Waals surface area contributed by atoms with E-state index in [0.29, 0.717) is 5.79 Å². The summed E-state index contributed by atoms with van der Waals surface area (Å²) in [5.41, 5.74) is 2.36. The third kappa shape index (κ3) is 7.52. The van der Waals surface area contributed by atoms with E-state index in [1.807, 2.05) is 13.8 Å². The minimum absolute atomic E-state index is 0.492. The first-order chi connectivity index (χ1) is 10.6. The van der Waals surface area contributed by atoms with Gasteiger partial charge in [-0.2, -0.15) is 0 Å². The van der Waals surface area contributed by atoms with E-state index in [1.165, 1.54) is 5.20 Å². The average molecular weight is 344 g/mol. The Bertz CT molecular complexity index is 278. The second-order valence-electron chi connectivity index (χ2n) is 4.96. The molecule has 0 aromatic rings. The zero-order valence-corrected chi connectivity index (χ0v) is 17.6. The molecule has 0 saturated carbocycles. The van der Waals surface area contributed by atoms with Crippen LogP contribution in [0.1, 0.15) is 48.5 Å². The number of allylic oxidation sites excluding steroid dienone is 1. The molecule has 0 unspecified atom stereocenters. The van der Waals surface area contributed by atoms with Gasteiger partial charge in [0.15, 0.2) is 0 Å². The molecule has 0 rings (SSSR count). The van der Waals surface area contributed by atoms with Gasteiger partial charge < -0.3 is 8.85 Å². The second-order valence-corrected chi connectivity index (χ2v) is 8.04. The van der Waals surface area contributed by atoms with Crippen LogP contribution >= 0.6 is 0 Å². The fourth-order valence-corrected chi connectivity index (χ4v) is 5.71. The van der Waals surface area contributed by atoms with Crippen molar-refractivity contribution in [2.75, 3.05) is 39.4 Å². The van der Waals surface area contributed by atoms with E-state index >= 15 is 0 Å². The van der Waals surface area contributed by atoms with Crippen LogP contribution in [0.3, 0.4) is 0 Å². The van der Waals surface area contributed by atoms with Gasteiger partial charge >= 0.3 is 9.28 Å². The second kappa shape index (κ2) is 13.5. The molecule has 4 nitrogen and oxygen atoms in total. The first-order valence-corrected chi connectivity index (χ1v) is 11.1. The Hall–Kier alpha value is 0.0138. The predicted octanol–water partition coefficient (Wildman–Crippen LogP) is 2.66. The first kappa shape index (κ1) is 22.0. The van der Waals surface area contributed by atoms with Crippen molar-refractivity contribution in [3.63, 3.8) is 0 Å². The van der Waals surface area contributed by atoms with Gasteiger partial charge in [0.2, 0.25) is 0 Å². The Balaban J connectivity index is 4.99. The third-order valence-electron chi connectivity index (χ3n) is 3.64. The smallest absolute Gasteiger partial charge is 0.390 e. The molecule has 0 fully saturated rings. The van der Waals surface area contributed by atoms with Crippen LogP contribution in [0.15, 0.2) is 10.9 Å². The molecule has 0 bridgehead atoms. The average Bonchev–Trinajstić information content (AvgIpc) is 2.53. The molecule has 0 spiro atoms. The van der Waals surface area contributed by atoms with Gasteiger partial charge in [0.1, 0.15) is 9.52 Å². The molecule has 0 heterocycles. The molecular formula is C16H35N2O2Si2. The van der Waals surface area contributed by atoms with Crippen molar-refractivity contribution in [2.45, 2.75) is 54.3 Å². The Kier molecular flexibility index (Phi) is 13.5. The van der Waals surface area contributed by atoms with Crippen molar-refractivity contribution in [1.82, 2.24) is 9.80 Å². The van der Waals surface area contributed by atoms with Gasteiger partial charge in [0.05, 0.1) is 5.79 Å². The third-order valence-corrected chi connectivity index (χ3v) is 7.45. The van der Waals surface area contributed by atoms with Crippen molar-refractivity contribution in [2.24, 2.45) is 0 Å².